The molecule has 0 amide bonds. The summed E-state index contributed by atoms with van der Waals surface area (Å²) in [6.45, 7) is 3.91. The predicted octanol–water partition coefficient (Wildman–Crippen LogP) is 5.99. The summed E-state index contributed by atoms with van der Waals surface area (Å²) in [4.78, 5) is 38.8. The van der Waals surface area contributed by atoms with Gasteiger partial charge in [0.05, 0.1) is 18.3 Å². The van der Waals surface area contributed by atoms with Crippen molar-refractivity contribution >= 4 is 38.3 Å². The quantitative estimate of drug-likeness (QED) is 0.119. The van der Waals surface area contributed by atoms with E-state index < -0.39 is 23.6 Å². The second-order valence-corrected chi connectivity index (χ2v) is 11.2. The van der Waals surface area contributed by atoms with E-state index in [4.69, 9.17) is 14.2 Å². The lowest BCUT2D eigenvalue weighted by Crippen LogP contribution is -2.34. The zero-order chi connectivity index (χ0) is 29.2. The standard InChI is InChI=1S/C34H36N2O6/c1-3-28-29(41-21(2)37)18-30(42-28)36-19-26(33(38)35-34(36)39)20-40-17-6-4-5-8-22-11-12-25-14-13-23-9-7-10-24-15-16-27(22)32(25)31(23)24/h7,9-16,19,28-30H,3-6,8,17-18,20H2,1-2H3,(H,35,38,39)/t28-,29+,30?/m1/s1. The van der Waals surface area contributed by atoms with Crippen molar-refractivity contribution in [2.45, 2.75) is 77.4 Å². The van der Waals surface area contributed by atoms with E-state index in [-0.39, 0.29) is 18.7 Å². The van der Waals surface area contributed by atoms with Crippen molar-refractivity contribution in [3.63, 3.8) is 0 Å². The van der Waals surface area contributed by atoms with Crippen LogP contribution in [0.5, 0.6) is 0 Å². The fourth-order valence-corrected chi connectivity index (χ4v) is 6.31. The SMILES string of the molecule is CC[C@H]1OC(n2cc(COCCCCCc3ccc4ccc5cccc6ccc3c4c56)c(=O)[nH]c2=O)C[C@@H]1OC(C)=O. The zero-order valence-corrected chi connectivity index (χ0v) is 24.1. The van der Waals surface area contributed by atoms with Crippen LogP contribution in [0.4, 0.5) is 0 Å². The minimum absolute atomic E-state index is 0.0991. The van der Waals surface area contributed by atoms with Crippen LogP contribution in [0.3, 0.4) is 0 Å². The molecule has 0 aliphatic carbocycles. The van der Waals surface area contributed by atoms with Crippen molar-refractivity contribution in [1.82, 2.24) is 9.55 Å². The molecule has 8 nitrogen and oxygen atoms in total. The molecule has 6 rings (SSSR count). The van der Waals surface area contributed by atoms with Gasteiger partial charge in [0.2, 0.25) is 0 Å². The number of unbranched alkanes of at least 4 members (excludes halogenated alkanes) is 2. The number of aromatic amines is 1. The van der Waals surface area contributed by atoms with Gasteiger partial charge in [-0.1, -0.05) is 67.9 Å². The summed E-state index contributed by atoms with van der Waals surface area (Å²) in [5.74, 6) is -0.387. The molecule has 8 heteroatoms. The fourth-order valence-electron chi connectivity index (χ4n) is 6.31. The van der Waals surface area contributed by atoms with Gasteiger partial charge in [-0.3, -0.25) is 19.1 Å². The van der Waals surface area contributed by atoms with E-state index in [1.165, 1.54) is 55.6 Å². The van der Waals surface area contributed by atoms with Gasteiger partial charge < -0.3 is 14.2 Å². The summed E-state index contributed by atoms with van der Waals surface area (Å²) in [6, 6.07) is 19.9. The number of benzene rings is 4. The van der Waals surface area contributed by atoms with Crippen molar-refractivity contribution in [1.29, 1.82) is 0 Å². The Bertz CT molecular complexity index is 1820. The Balaban J connectivity index is 1.03. The van der Waals surface area contributed by atoms with Crippen molar-refractivity contribution < 1.29 is 19.0 Å². The van der Waals surface area contributed by atoms with E-state index in [1.54, 1.807) is 0 Å². The number of hydrogen-bond acceptors (Lipinski definition) is 6. The maximum atomic E-state index is 12.5. The van der Waals surface area contributed by atoms with Gasteiger partial charge in [-0.2, -0.15) is 0 Å². The van der Waals surface area contributed by atoms with Gasteiger partial charge in [-0.15, -0.1) is 0 Å². The monoisotopic (exact) mass is 568 g/mol. The number of ether oxygens (including phenoxy) is 3. The molecule has 42 heavy (non-hydrogen) atoms. The van der Waals surface area contributed by atoms with E-state index in [0.717, 1.165) is 25.7 Å². The molecule has 5 aromatic rings. The third kappa shape index (κ3) is 5.56. The van der Waals surface area contributed by atoms with E-state index in [2.05, 4.69) is 59.6 Å². The van der Waals surface area contributed by atoms with Crippen molar-refractivity contribution in [3.05, 3.63) is 92.8 Å². The Morgan fingerprint density at radius 3 is 2.45 bits per heavy atom. The largest absolute Gasteiger partial charge is 0.460 e. The van der Waals surface area contributed by atoms with Crippen LogP contribution in [0.15, 0.2) is 70.4 Å². The van der Waals surface area contributed by atoms with Gasteiger partial charge in [0.1, 0.15) is 12.3 Å². The molecule has 2 heterocycles. The van der Waals surface area contributed by atoms with Crippen LogP contribution in [0.25, 0.3) is 32.3 Å². The molecule has 218 valence electrons. The molecule has 0 bridgehead atoms. The number of aromatic nitrogens is 2. The van der Waals surface area contributed by atoms with Crippen LogP contribution < -0.4 is 11.2 Å². The van der Waals surface area contributed by atoms with E-state index in [9.17, 15) is 14.4 Å². The maximum Gasteiger partial charge on any atom is 0.330 e. The summed E-state index contributed by atoms with van der Waals surface area (Å²) in [7, 11) is 0. The summed E-state index contributed by atoms with van der Waals surface area (Å²) < 4.78 is 18.5. The number of nitrogens with one attached hydrogen (secondary N) is 1. The Kier molecular flexibility index (Phi) is 8.09. The first-order chi connectivity index (χ1) is 20.4. The first kappa shape index (κ1) is 28.1. The second-order valence-electron chi connectivity index (χ2n) is 11.2. The highest BCUT2D eigenvalue weighted by Crippen LogP contribution is 2.36. The third-order valence-electron chi connectivity index (χ3n) is 8.36. The molecule has 1 N–H and O–H groups in total. The predicted molar refractivity (Wildman–Crippen MR) is 163 cm³/mol. The summed E-state index contributed by atoms with van der Waals surface area (Å²) in [6.07, 6.45) is 5.03. The van der Waals surface area contributed by atoms with Crippen LogP contribution in [0.2, 0.25) is 0 Å². The molecule has 4 aromatic carbocycles. The molecular formula is C34H36N2O6. The normalized spacial score (nSPS) is 18.9. The Hall–Kier alpha value is -4.01. The van der Waals surface area contributed by atoms with Crippen molar-refractivity contribution in [2.24, 2.45) is 0 Å². The Labute approximate surface area is 243 Å². The minimum atomic E-state index is -0.623. The highest BCUT2D eigenvalue weighted by Gasteiger charge is 2.38. The van der Waals surface area contributed by atoms with Gasteiger partial charge in [-0.25, -0.2) is 4.79 Å². The highest BCUT2D eigenvalue weighted by molar-refractivity contribution is 6.23. The molecule has 0 saturated carbocycles. The molecule has 1 aliphatic heterocycles. The smallest absolute Gasteiger partial charge is 0.330 e. The minimum Gasteiger partial charge on any atom is -0.460 e. The maximum absolute atomic E-state index is 12.5. The summed E-state index contributed by atoms with van der Waals surface area (Å²) >= 11 is 0. The average molecular weight is 569 g/mol. The number of aryl methyl sites for hydroxylation is 1. The summed E-state index contributed by atoms with van der Waals surface area (Å²) in [5.41, 5.74) is 0.701. The van der Waals surface area contributed by atoms with Crippen molar-refractivity contribution in [2.75, 3.05) is 6.61 Å². The molecule has 1 unspecified atom stereocenters. The molecule has 1 saturated heterocycles. The molecular weight excluding hydrogens is 532 g/mol. The lowest BCUT2D eigenvalue weighted by molar-refractivity contribution is -0.149. The fraction of sp³-hybridized carbons (Fsp3) is 0.382. The van der Waals surface area contributed by atoms with Crippen LogP contribution >= 0.6 is 0 Å². The second kappa shape index (κ2) is 12.1. The topological polar surface area (TPSA) is 99.6 Å². The van der Waals surface area contributed by atoms with Crippen molar-refractivity contribution in [3.8, 4) is 0 Å². The van der Waals surface area contributed by atoms with E-state index >= 15 is 0 Å². The van der Waals surface area contributed by atoms with Gasteiger partial charge in [0, 0.05) is 26.1 Å². The first-order valence-corrected chi connectivity index (χ1v) is 14.8. The Morgan fingerprint density at radius 2 is 1.69 bits per heavy atom. The van der Waals surface area contributed by atoms with Gasteiger partial charge in [0.25, 0.3) is 5.56 Å². The van der Waals surface area contributed by atoms with Crippen LogP contribution in [0.1, 0.15) is 63.3 Å². The van der Waals surface area contributed by atoms with Crippen LogP contribution in [0, 0.1) is 0 Å². The number of rotatable bonds is 11. The first-order valence-electron chi connectivity index (χ1n) is 14.8. The number of carbonyl (C=O) groups is 1. The molecule has 1 fully saturated rings. The van der Waals surface area contributed by atoms with Gasteiger partial charge >= 0.3 is 11.7 Å². The van der Waals surface area contributed by atoms with E-state index in [1.807, 2.05) is 6.92 Å². The molecule has 3 atom stereocenters. The lowest BCUT2D eigenvalue weighted by Gasteiger charge is -2.16. The number of carbonyl (C=O) groups excluding carboxylic acids is 1. The average Bonchev–Trinajstić information content (AvgIpc) is 3.38. The van der Waals surface area contributed by atoms with Crippen LogP contribution in [-0.2, 0) is 32.0 Å². The van der Waals surface area contributed by atoms with Gasteiger partial charge in [-0.05, 0) is 63.6 Å². The number of hydrogen-bond donors (Lipinski definition) is 1. The summed E-state index contributed by atoms with van der Waals surface area (Å²) in [5, 5.41) is 7.87. The Morgan fingerprint density at radius 1 is 0.952 bits per heavy atom. The van der Waals surface area contributed by atoms with Crippen LogP contribution in [-0.4, -0.2) is 34.3 Å². The number of H-pyrrole nitrogens is 1. The van der Waals surface area contributed by atoms with Gasteiger partial charge in [0.15, 0.2) is 0 Å². The third-order valence-corrected chi connectivity index (χ3v) is 8.36. The molecule has 1 aromatic heterocycles. The van der Waals surface area contributed by atoms with E-state index in [0.29, 0.717) is 25.0 Å². The highest BCUT2D eigenvalue weighted by atomic mass is 16.6. The zero-order valence-electron chi connectivity index (χ0n) is 24.1. The number of nitrogens with zero attached hydrogens (tertiary/aromatic N) is 1. The molecule has 1 aliphatic rings. The molecule has 0 spiro atoms. The lowest BCUT2D eigenvalue weighted by atomic mass is 9.90. The number of esters is 1. The molecule has 0 radical (unpaired) electrons.